The molecule has 0 saturated heterocycles. The van der Waals surface area contributed by atoms with Crippen LogP contribution in [0, 0.1) is 0 Å². The lowest BCUT2D eigenvalue weighted by Gasteiger charge is -2.09. The molecule has 88 valence electrons. The topological polar surface area (TPSA) is 63.3 Å². The standard InChI is InChI=1S/C13H19NO2/c1-2-3-10-4-6-11(7-5-10)8-12(14)9-13(15)16/h4-7,12H,2-3,8-9,14H2,1H3,(H,15,16)/t12-/m1/s1. The van der Waals surface area contributed by atoms with Gasteiger partial charge >= 0.3 is 5.97 Å². The van der Waals surface area contributed by atoms with Gasteiger partial charge in [0, 0.05) is 6.04 Å². The normalized spacial score (nSPS) is 12.4. The Morgan fingerprint density at radius 1 is 1.31 bits per heavy atom. The number of hydrogen-bond acceptors (Lipinski definition) is 2. The lowest BCUT2D eigenvalue weighted by Crippen LogP contribution is -2.26. The van der Waals surface area contributed by atoms with Gasteiger partial charge in [0.1, 0.15) is 0 Å². The number of carboxylic acids is 1. The van der Waals surface area contributed by atoms with Crippen molar-refractivity contribution in [2.75, 3.05) is 0 Å². The van der Waals surface area contributed by atoms with E-state index >= 15 is 0 Å². The molecule has 3 heteroatoms. The molecule has 0 aliphatic heterocycles. The second-order valence-corrected chi connectivity index (χ2v) is 4.13. The minimum Gasteiger partial charge on any atom is -0.481 e. The molecule has 0 unspecified atom stereocenters. The van der Waals surface area contributed by atoms with Crippen LogP contribution in [-0.4, -0.2) is 17.1 Å². The highest BCUT2D eigenvalue weighted by Gasteiger charge is 2.08. The maximum Gasteiger partial charge on any atom is 0.304 e. The third-order valence-electron chi connectivity index (χ3n) is 2.50. The molecule has 0 aliphatic carbocycles. The van der Waals surface area contributed by atoms with E-state index < -0.39 is 5.97 Å². The van der Waals surface area contributed by atoms with Crippen molar-refractivity contribution in [3.8, 4) is 0 Å². The van der Waals surface area contributed by atoms with Gasteiger partial charge in [-0.25, -0.2) is 0 Å². The SMILES string of the molecule is CCCc1ccc(C[C@@H](N)CC(=O)O)cc1. The second-order valence-electron chi connectivity index (χ2n) is 4.13. The van der Waals surface area contributed by atoms with Gasteiger partial charge in [0.15, 0.2) is 0 Å². The Labute approximate surface area is 96.3 Å². The fourth-order valence-corrected chi connectivity index (χ4v) is 1.73. The number of aryl methyl sites for hydroxylation is 1. The van der Waals surface area contributed by atoms with Crippen LogP contribution in [-0.2, 0) is 17.6 Å². The zero-order valence-corrected chi connectivity index (χ0v) is 9.65. The first-order valence-electron chi connectivity index (χ1n) is 5.67. The van der Waals surface area contributed by atoms with Crippen LogP contribution in [0.15, 0.2) is 24.3 Å². The van der Waals surface area contributed by atoms with Gasteiger partial charge < -0.3 is 10.8 Å². The van der Waals surface area contributed by atoms with Gasteiger partial charge in [0.2, 0.25) is 0 Å². The van der Waals surface area contributed by atoms with Crippen LogP contribution in [0.5, 0.6) is 0 Å². The molecule has 0 amide bonds. The van der Waals surface area contributed by atoms with Crippen LogP contribution < -0.4 is 5.73 Å². The molecule has 16 heavy (non-hydrogen) atoms. The third kappa shape index (κ3) is 4.45. The molecule has 0 spiro atoms. The summed E-state index contributed by atoms with van der Waals surface area (Å²) in [5, 5.41) is 8.60. The van der Waals surface area contributed by atoms with Crippen molar-refractivity contribution in [1.29, 1.82) is 0 Å². The Balaban J connectivity index is 2.51. The smallest absolute Gasteiger partial charge is 0.304 e. The first-order chi connectivity index (χ1) is 7.61. The van der Waals surface area contributed by atoms with Crippen molar-refractivity contribution in [1.82, 2.24) is 0 Å². The summed E-state index contributed by atoms with van der Waals surface area (Å²) in [4.78, 5) is 10.5. The fraction of sp³-hybridized carbons (Fsp3) is 0.462. The Bertz CT molecular complexity index is 332. The van der Waals surface area contributed by atoms with E-state index in [0.717, 1.165) is 18.4 Å². The molecule has 3 N–H and O–H groups in total. The molecule has 1 rings (SSSR count). The first-order valence-corrected chi connectivity index (χ1v) is 5.67. The lowest BCUT2D eigenvalue weighted by atomic mass is 10.0. The van der Waals surface area contributed by atoms with Crippen molar-refractivity contribution in [2.45, 2.75) is 38.6 Å². The fourth-order valence-electron chi connectivity index (χ4n) is 1.73. The summed E-state index contributed by atoms with van der Waals surface area (Å²) in [6.45, 7) is 2.15. The molecular formula is C13H19NO2. The van der Waals surface area contributed by atoms with Crippen molar-refractivity contribution in [3.05, 3.63) is 35.4 Å². The van der Waals surface area contributed by atoms with Gasteiger partial charge in [0.25, 0.3) is 0 Å². The quantitative estimate of drug-likeness (QED) is 0.772. The van der Waals surface area contributed by atoms with Crippen molar-refractivity contribution >= 4 is 5.97 Å². The van der Waals surface area contributed by atoms with E-state index in [2.05, 4.69) is 19.1 Å². The Kier molecular flexibility index (Phi) is 4.99. The highest BCUT2D eigenvalue weighted by atomic mass is 16.4. The van der Waals surface area contributed by atoms with Gasteiger partial charge in [-0.15, -0.1) is 0 Å². The molecule has 0 bridgehead atoms. The van der Waals surface area contributed by atoms with Crippen LogP contribution in [0.2, 0.25) is 0 Å². The third-order valence-corrected chi connectivity index (χ3v) is 2.50. The van der Waals surface area contributed by atoms with Gasteiger partial charge in [-0.1, -0.05) is 37.6 Å². The van der Waals surface area contributed by atoms with Gasteiger partial charge in [-0.05, 0) is 24.0 Å². The number of carboxylic acid groups (broad SMARTS) is 1. The van der Waals surface area contributed by atoms with E-state index in [4.69, 9.17) is 10.8 Å². The molecule has 1 aromatic carbocycles. The number of nitrogens with two attached hydrogens (primary N) is 1. The molecule has 0 heterocycles. The minimum atomic E-state index is -0.838. The summed E-state index contributed by atoms with van der Waals surface area (Å²) in [6.07, 6.45) is 2.87. The van der Waals surface area contributed by atoms with Crippen molar-refractivity contribution in [3.63, 3.8) is 0 Å². The maximum absolute atomic E-state index is 10.5. The molecule has 0 aliphatic rings. The summed E-state index contributed by atoms with van der Waals surface area (Å²) < 4.78 is 0. The molecular weight excluding hydrogens is 202 g/mol. The molecule has 0 saturated carbocycles. The monoisotopic (exact) mass is 221 g/mol. The Morgan fingerprint density at radius 2 is 1.88 bits per heavy atom. The van der Waals surface area contributed by atoms with E-state index in [1.54, 1.807) is 0 Å². The molecule has 1 aromatic rings. The lowest BCUT2D eigenvalue weighted by molar-refractivity contribution is -0.137. The molecule has 0 aromatic heterocycles. The average Bonchev–Trinajstić information content (AvgIpc) is 2.20. The second kappa shape index (κ2) is 6.28. The first kappa shape index (κ1) is 12.7. The maximum atomic E-state index is 10.5. The molecule has 0 fully saturated rings. The van der Waals surface area contributed by atoms with Gasteiger partial charge in [0.05, 0.1) is 6.42 Å². The zero-order chi connectivity index (χ0) is 12.0. The number of benzene rings is 1. The number of rotatable bonds is 6. The summed E-state index contributed by atoms with van der Waals surface area (Å²) >= 11 is 0. The number of aliphatic carboxylic acids is 1. The average molecular weight is 221 g/mol. The predicted octanol–water partition coefficient (Wildman–Crippen LogP) is 1.98. The largest absolute Gasteiger partial charge is 0.481 e. The summed E-state index contributed by atoms with van der Waals surface area (Å²) in [5.74, 6) is -0.838. The molecule has 0 radical (unpaired) electrons. The summed E-state index contributed by atoms with van der Waals surface area (Å²) in [7, 11) is 0. The van der Waals surface area contributed by atoms with Gasteiger partial charge in [-0.3, -0.25) is 4.79 Å². The summed E-state index contributed by atoms with van der Waals surface area (Å²) in [5.41, 5.74) is 8.15. The highest BCUT2D eigenvalue weighted by molar-refractivity contribution is 5.67. The van der Waals surface area contributed by atoms with E-state index in [1.165, 1.54) is 5.56 Å². The van der Waals surface area contributed by atoms with Crippen LogP contribution in [0.1, 0.15) is 30.9 Å². The van der Waals surface area contributed by atoms with Crippen molar-refractivity contribution in [2.24, 2.45) is 5.73 Å². The van der Waals surface area contributed by atoms with Crippen LogP contribution in [0.25, 0.3) is 0 Å². The minimum absolute atomic E-state index is 0.0245. The number of carbonyl (C=O) groups is 1. The highest BCUT2D eigenvalue weighted by Crippen LogP contribution is 2.09. The Hall–Kier alpha value is -1.35. The zero-order valence-electron chi connectivity index (χ0n) is 9.65. The van der Waals surface area contributed by atoms with Crippen LogP contribution in [0.3, 0.4) is 0 Å². The van der Waals surface area contributed by atoms with Crippen LogP contribution >= 0.6 is 0 Å². The van der Waals surface area contributed by atoms with E-state index in [-0.39, 0.29) is 12.5 Å². The number of hydrogen-bond donors (Lipinski definition) is 2. The molecule has 1 atom stereocenters. The van der Waals surface area contributed by atoms with E-state index in [0.29, 0.717) is 6.42 Å². The van der Waals surface area contributed by atoms with Crippen LogP contribution in [0.4, 0.5) is 0 Å². The van der Waals surface area contributed by atoms with Gasteiger partial charge in [-0.2, -0.15) is 0 Å². The Morgan fingerprint density at radius 3 is 2.38 bits per heavy atom. The van der Waals surface area contributed by atoms with E-state index in [9.17, 15) is 4.79 Å². The predicted molar refractivity (Wildman–Crippen MR) is 64.4 cm³/mol. The summed E-state index contributed by atoms with van der Waals surface area (Å²) in [6, 6.07) is 7.95. The van der Waals surface area contributed by atoms with Crippen molar-refractivity contribution < 1.29 is 9.90 Å². The van der Waals surface area contributed by atoms with E-state index in [1.807, 2.05) is 12.1 Å². The molecule has 3 nitrogen and oxygen atoms in total.